The number of hydrogen-bond donors (Lipinski definition) is 2. The van der Waals surface area contributed by atoms with Crippen LogP contribution in [-0.2, 0) is 0 Å². The minimum absolute atomic E-state index is 0.00366. The van der Waals surface area contributed by atoms with Crippen LogP contribution in [0.3, 0.4) is 0 Å². The molecule has 0 aliphatic heterocycles. The van der Waals surface area contributed by atoms with Crippen LogP contribution in [0.1, 0.15) is 42.6 Å². The number of hydrogen-bond acceptors (Lipinski definition) is 5. The van der Waals surface area contributed by atoms with Gasteiger partial charge in [0.2, 0.25) is 0 Å². The fourth-order valence-corrected chi connectivity index (χ4v) is 2.56. The molecule has 1 aliphatic carbocycles. The Morgan fingerprint density at radius 3 is 2.81 bits per heavy atom. The molecule has 1 aromatic rings. The Labute approximate surface area is 98.0 Å². The van der Waals surface area contributed by atoms with Crippen LogP contribution >= 0.6 is 11.5 Å². The Bertz CT molecular complexity index is 347. The van der Waals surface area contributed by atoms with Crippen LogP contribution in [0, 0.1) is 0 Å². The number of rotatable bonds is 3. The number of amides is 1. The summed E-state index contributed by atoms with van der Waals surface area (Å²) in [6.45, 7) is -0.00366. The van der Waals surface area contributed by atoms with Crippen molar-refractivity contribution in [2.24, 2.45) is 0 Å². The highest BCUT2D eigenvalue weighted by atomic mass is 32.1. The molecule has 1 heterocycles. The van der Waals surface area contributed by atoms with E-state index in [2.05, 4.69) is 14.9 Å². The lowest BCUT2D eigenvalue weighted by molar-refractivity contribution is 0.0754. The largest absolute Gasteiger partial charge is 0.394 e. The maximum atomic E-state index is 11.8. The van der Waals surface area contributed by atoms with E-state index in [-0.39, 0.29) is 12.5 Å². The molecule has 0 unspecified atom stereocenters. The fraction of sp³-hybridized carbons (Fsp3) is 0.700. The zero-order chi connectivity index (χ0) is 11.4. The Hall–Kier alpha value is -1.01. The molecular weight excluding hydrogens is 226 g/mol. The first-order valence-corrected chi connectivity index (χ1v) is 6.30. The van der Waals surface area contributed by atoms with Crippen LogP contribution in [0.2, 0.25) is 0 Å². The second-order valence-corrected chi connectivity index (χ2v) is 4.85. The molecule has 5 nitrogen and oxygen atoms in total. The van der Waals surface area contributed by atoms with Gasteiger partial charge in [-0.05, 0) is 24.4 Å². The normalized spacial score (nSPS) is 19.3. The van der Waals surface area contributed by atoms with E-state index in [1.807, 2.05) is 0 Å². The summed E-state index contributed by atoms with van der Waals surface area (Å²) in [5, 5.41) is 17.7. The summed E-state index contributed by atoms with van der Waals surface area (Å²) in [7, 11) is 0. The minimum atomic E-state index is -0.445. The molecule has 0 aromatic carbocycles. The number of aliphatic hydroxyl groups is 1. The molecule has 1 aromatic heterocycles. The van der Waals surface area contributed by atoms with Crippen molar-refractivity contribution in [3.05, 3.63) is 11.1 Å². The highest BCUT2D eigenvalue weighted by molar-refractivity contribution is 7.03. The lowest BCUT2D eigenvalue weighted by Gasteiger charge is -2.36. The number of aliphatic hydroxyl groups excluding tert-OH is 1. The van der Waals surface area contributed by atoms with Gasteiger partial charge in [0, 0.05) is 5.38 Å². The van der Waals surface area contributed by atoms with Crippen molar-refractivity contribution in [3.63, 3.8) is 0 Å². The van der Waals surface area contributed by atoms with E-state index in [1.54, 1.807) is 5.38 Å². The molecular formula is C10H15N3O2S. The molecule has 0 bridgehead atoms. The van der Waals surface area contributed by atoms with E-state index in [0.29, 0.717) is 5.69 Å². The second kappa shape index (κ2) is 4.88. The zero-order valence-corrected chi connectivity index (χ0v) is 9.79. The van der Waals surface area contributed by atoms with E-state index >= 15 is 0 Å². The van der Waals surface area contributed by atoms with E-state index in [9.17, 15) is 9.90 Å². The van der Waals surface area contributed by atoms with Gasteiger partial charge >= 0.3 is 0 Å². The maximum absolute atomic E-state index is 11.8. The van der Waals surface area contributed by atoms with Crippen molar-refractivity contribution < 1.29 is 9.90 Å². The second-order valence-electron chi connectivity index (χ2n) is 4.24. The van der Waals surface area contributed by atoms with E-state index in [1.165, 1.54) is 6.42 Å². The smallest absolute Gasteiger partial charge is 0.273 e. The number of carbonyl (C=O) groups excluding carboxylic acids is 1. The van der Waals surface area contributed by atoms with Crippen molar-refractivity contribution in [1.29, 1.82) is 0 Å². The number of carbonyl (C=O) groups is 1. The van der Waals surface area contributed by atoms with Crippen molar-refractivity contribution >= 4 is 17.4 Å². The van der Waals surface area contributed by atoms with Crippen molar-refractivity contribution in [2.75, 3.05) is 6.61 Å². The highest BCUT2D eigenvalue weighted by Gasteiger charge is 2.33. The number of nitrogens with one attached hydrogen (secondary N) is 1. The zero-order valence-electron chi connectivity index (χ0n) is 8.98. The molecule has 0 radical (unpaired) electrons. The monoisotopic (exact) mass is 241 g/mol. The third-order valence-corrected chi connectivity index (χ3v) is 3.59. The average molecular weight is 241 g/mol. The topological polar surface area (TPSA) is 75.1 Å². The first-order valence-electron chi connectivity index (χ1n) is 5.46. The highest BCUT2D eigenvalue weighted by Crippen LogP contribution is 2.27. The summed E-state index contributed by atoms with van der Waals surface area (Å²) in [6.07, 6.45) is 4.96. The maximum Gasteiger partial charge on any atom is 0.273 e. The molecule has 0 spiro atoms. The summed E-state index contributed by atoms with van der Waals surface area (Å²) >= 11 is 1.15. The standard InChI is InChI=1S/C10H15N3O2S/c14-7-10(4-2-1-3-5-10)11-9(15)8-6-16-13-12-8/h6,14H,1-5,7H2,(H,11,15). The van der Waals surface area contributed by atoms with Gasteiger partial charge in [0.1, 0.15) is 0 Å². The van der Waals surface area contributed by atoms with Gasteiger partial charge in [0.05, 0.1) is 12.1 Å². The number of aromatic nitrogens is 2. The van der Waals surface area contributed by atoms with Crippen molar-refractivity contribution in [3.8, 4) is 0 Å². The summed E-state index contributed by atoms with van der Waals surface area (Å²) in [4.78, 5) is 11.8. The van der Waals surface area contributed by atoms with Gasteiger partial charge in [0.15, 0.2) is 5.69 Å². The third kappa shape index (κ3) is 2.38. The quantitative estimate of drug-likeness (QED) is 0.826. The Balaban J connectivity index is 2.03. The van der Waals surface area contributed by atoms with Crippen LogP contribution in [0.5, 0.6) is 0 Å². The van der Waals surface area contributed by atoms with Crippen LogP contribution in [0.25, 0.3) is 0 Å². The molecule has 1 fully saturated rings. The fourth-order valence-electron chi connectivity index (χ4n) is 2.12. The van der Waals surface area contributed by atoms with Crippen LogP contribution in [0.4, 0.5) is 0 Å². The van der Waals surface area contributed by atoms with Crippen LogP contribution in [-0.4, -0.2) is 32.7 Å². The minimum Gasteiger partial charge on any atom is -0.394 e. The SMILES string of the molecule is O=C(NC1(CO)CCCCC1)c1csnn1. The van der Waals surface area contributed by atoms with E-state index in [0.717, 1.165) is 37.2 Å². The molecule has 1 saturated carbocycles. The molecule has 16 heavy (non-hydrogen) atoms. The Morgan fingerprint density at radius 1 is 1.50 bits per heavy atom. The van der Waals surface area contributed by atoms with Crippen LogP contribution in [0.15, 0.2) is 5.38 Å². The van der Waals surface area contributed by atoms with E-state index in [4.69, 9.17) is 0 Å². The molecule has 1 aliphatic rings. The first-order chi connectivity index (χ1) is 7.76. The molecule has 1 amide bonds. The molecule has 2 rings (SSSR count). The van der Waals surface area contributed by atoms with E-state index < -0.39 is 5.54 Å². The lowest BCUT2D eigenvalue weighted by atomic mass is 9.82. The summed E-state index contributed by atoms with van der Waals surface area (Å²) in [5.41, 5.74) is -0.109. The van der Waals surface area contributed by atoms with Crippen LogP contribution < -0.4 is 5.32 Å². The summed E-state index contributed by atoms with van der Waals surface area (Å²) in [5.74, 6) is -0.232. The molecule has 6 heteroatoms. The van der Waals surface area contributed by atoms with Gasteiger partial charge in [0.25, 0.3) is 5.91 Å². The molecule has 0 atom stereocenters. The predicted molar refractivity (Wildman–Crippen MR) is 60.3 cm³/mol. The average Bonchev–Trinajstić information content (AvgIpc) is 2.84. The molecule has 2 N–H and O–H groups in total. The molecule has 0 saturated heterocycles. The van der Waals surface area contributed by atoms with Crippen molar-refractivity contribution in [2.45, 2.75) is 37.6 Å². The predicted octanol–water partition coefficient (Wildman–Crippen LogP) is 0.963. The Kier molecular flexibility index (Phi) is 3.50. The third-order valence-electron chi connectivity index (χ3n) is 3.08. The van der Waals surface area contributed by atoms with Gasteiger partial charge < -0.3 is 10.4 Å². The first kappa shape index (κ1) is 11.5. The van der Waals surface area contributed by atoms with Gasteiger partial charge in [-0.3, -0.25) is 4.79 Å². The molecule has 88 valence electrons. The number of nitrogens with zero attached hydrogens (tertiary/aromatic N) is 2. The van der Waals surface area contributed by atoms with Gasteiger partial charge in [-0.2, -0.15) is 0 Å². The van der Waals surface area contributed by atoms with Gasteiger partial charge in [-0.15, -0.1) is 5.10 Å². The summed E-state index contributed by atoms with van der Waals surface area (Å²) in [6, 6.07) is 0. The summed E-state index contributed by atoms with van der Waals surface area (Å²) < 4.78 is 3.65. The van der Waals surface area contributed by atoms with Gasteiger partial charge in [-0.1, -0.05) is 23.8 Å². The van der Waals surface area contributed by atoms with Gasteiger partial charge in [-0.25, -0.2) is 0 Å². The van der Waals surface area contributed by atoms with Crippen molar-refractivity contribution in [1.82, 2.24) is 14.9 Å². The Morgan fingerprint density at radius 2 is 2.25 bits per heavy atom. The lowest BCUT2D eigenvalue weighted by Crippen LogP contribution is -2.52.